The first-order valence-electron chi connectivity index (χ1n) is 10.1. The minimum absolute atomic E-state index is 0.000486. The second-order valence-corrected chi connectivity index (χ2v) is 8.35. The zero-order valence-electron chi connectivity index (χ0n) is 15.6. The molecule has 1 saturated carbocycles. The molecular formula is C22H26N4O. The highest BCUT2D eigenvalue weighted by Crippen LogP contribution is 2.51. The van der Waals surface area contributed by atoms with Crippen LogP contribution in [0.1, 0.15) is 49.1 Å². The maximum atomic E-state index is 12.9. The van der Waals surface area contributed by atoms with E-state index in [0.717, 1.165) is 44.8 Å². The lowest BCUT2D eigenvalue weighted by Crippen LogP contribution is -2.42. The van der Waals surface area contributed by atoms with Gasteiger partial charge in [-0.05, 0) is 55.2 Å². The second-order valence-electron chi connectivity index (χ2n) is 8.35. The van der Waals surface area contributed by atoms with Crippen molar-refractivity contribution in [1.82, 2.24) is 15.3 Å². The molecule has 1 aromatic heterocycles. The lowest BCUT2D eigenvalue weighted by molar-refractivity contribution is -0.122. The molecule has 0 radical (unpaired) electrons. The fourth-order valence-corrected chi connectivity index (χ4v) is 4.88. The molecule has 0 bridgehead atoms. The highest BCUT2D eigenvalue weighted by atomic mass is 16.1. The Morgan fingerprint density at radius 1 is 1.11 bits per heavy atom. The number of aromatic nitrogens is 2. The predicted octanol–water partition coefficient (Wildman–Crippen LogP) is 3.03. The van der Waals surface area contributed by atoms with Gasteiger partial charge in [-0.3, -0.25) is 4.79 Å². The van der Waals surface area contributed by atoms with E-state index in [1.165, 1.54) is 24.0 Å². The number of nitrogens with one attached hydrogen (secondary N) is 1. The molecule has 2 heterocycles. The average molecular weight is 362 g/mol. The Bertz CT molecular complexity index is 825. The molecule has 1 saturated heterocycles. The maximum Gasteiger partial charge on any atom is 0.227 e. The third kappa shape index (κ3) is 3.09. The number of fused-ring (bicyclic) bond motifs is 2. The lowest BCUT2D eigenvalue weighted by Gasteiger charge is -2.40. The van der Waals surface area contributed by atoms with E-state index in [2.05, 4.69) is 44.5 Å². The molecule has 5 nitrogen and oxygen atoms in total. The zero-order valence-corrected chi connectivity index (χ0v) is 15.6. The summed E-state index contributed by atoms with van der Waals surface area (Å²) in [7, 11) is 0. The molecule has 2 aliphatic carbocycles. The van der Waals surface area contributed by atoms with Crippen molar-refractivity contribution in [1.29, 1.82) is 0 Å². The van der Waals surface area contributed by atoms with Crippen molar-refractivity contribution in [2.45, 2.75) is 43.4 Å². The molecule has 27 heavy (non-hydrogen) atoms. The van der Waals surface area contributed by atoms with Crippen molar-refractivity contribution in [3.05, 3.63) is 53.9 Å². The molecule has 5 rings (SSSR count). The summed E-state index contributed by atoms with van der Waals surface area (Å²) in [4.78, 5) is 24.0. The van der Waals surface area contributed by atoms with Gasteiger partial charge in [-0.15, -0.1) is 0 Å². The van der Waals surface area contributed by atoms with E-state index in [-0.39, 0.29) is 17.2 Å². The van der Waals surface area contributed by atoms with Crippen molar-refractivity contribution >= 4 is 11.9 Å². The van der Waals surface area contributed by atoms with Gasteiger partial charge in [0.1, 0.15) is 0 Å². The van der Waals surface area contributed by atoms with E-state index in [1.54, 1.807) is 12.4 Å². The molecule has 2 aromatic rings. The third-order valence-electron chi connectivity index (χ3n) is 6.64. The van der Waals surface area contributed by atoms with Gasteiger partial charge in [-0.25, -0.2) is 9.97 Å². The Hall–Kier alpha value is -2.43. The van der Waals surface area contributed by atoms with Crippen molar-refractivity contribution in [2.24, 2.45) is 5.92 Å². The lowest BCUT2D eigenvalue weighted by atomic mass is 9.73. The summed E-state index contributed by atoms with van der Waals surface area (Å²) in [6.07, 6.45) is 9.18. The largest absolute Gasteiger partial charge is 0.355 e. The third-order valence-corrected chi connectivity index (χ3v) is 6.64. The van der Waals surface area contributed by atoms with E-state index in [9.17, 15) is 4.79 Å². The number of rotatable bonds is 4. The summed E-state index contributed by atoms with van der Waals surface area (Å²) >= 11 is 0. The number of hydrogen-bond donors (Lipinski definition) is 1. The van der Waals surface area contributed by atoms with Crippen LogP contribution in [-0.2, 0) is 10.2 Å². The van der Waals surface area contributed by atoms with Crippen LogP contribution in [0.5, 0.6) is 0 Å². The van der Waals surface area contributed by atoms with E-state index in [4.69, 9.17) is 0 Å². The number of carbonyl (C=O) groups is 1. The minimum atomic E-state index is -0.000486. The number of amides is 1. The molecule has 5 heteroatoms. The van der Waals surface area contributed by atoms with Gasteiger partial charge >= 0.3 is 0 Å². The van der Waals surface area contributed by atoms with E-state index in [0.29, 0.717) is 5.92 Å². The number of benzene rings is 1. The molecule has 1 spiro atoms. The van der Waals surface area contributed by atoms with E-state index < -0.39 is 0 Å². The number of carbonyl (C=O) groups excluding carboxylic acids is 1. The Kier molecular flexibility index (Phi) is 4.10. The van der Waals surface area contributed by atoms with Gasteiger partial charge < -0.3 is 10.2 Å². The first-order valence-corrected chi connectivity index (χ1v) is 10.1. The van der Waals surface area contributed by atoms with E-state index >= 15 is 0 Å². The van der Waals surface area contributed by atoms with Crippen LogP contribution in [0.4, 0.5) is 5.95 Å². The highest BCUT2D eigenvalue weighted by Gasteiger charge is 2.47. The first-order chi connectivity index (χ1) is 13.3. The van der Waals surface area contributed by atoms with Gasteiger partial charge in [0.2, 0.25) is 11.9 Å². The molecule has 1 atom stereocenters. The molecular weight excluding hydrogens is 336 g/mol. The molecule has 1 aromatic carbocycles. The van der Waals surface area contributed by atoms with Crippen LogP contribution in [0.25, 0.3) is 0 Å². The Labute approximate surface area is 160 Å². The van der Waals surface area contributed by atoms with Gasteiger partial charge in [0.05, 0.1) is 5.92 Å². The standard InChI is InChI=1S/C22H26N4O/c27-20(25-15-16-6-7-16)18-14-22(19-5-2-1-4-17(18)19)8-12-26(13-9-22)21-23-10-3-11-24-21/h1-5,10-11,16,18H,6-9,12-15H2,(H,25,27). The summed E-state index contributed by atoms with van der Waals surface area (Å²) in [6.45, 7) is 2.73. The summed E-state index contributed by atoms with van der Waals surface area (Å²) in [5, 5.41) is 3.21. The smallest absolute Gasteiger partial charge is 0.227 e. The topological polar surface area (TPSA) is 58.1 Å². The molecule has 1 unspecified atom stereocenters. The van der Waals surface area contributed by atoms with Gasteiger partial charge in [-0.1, -0.05) is 24.3 Å². The minimum Gasteiger partial charge on any atom is -0.355 e. The van der Waals surface area contributed by atoms with E-state index in [1.807, 2.05) is 6.07 Å². The van der Waals surface area contributed by atoms with Crippen molar-refractivity contribution < 1.29 is 4.79 Å². The number of piperidine rings is 1. The summed E-state index contributed by atoms with van der Waals surface area (Å²) in [6, 6.07) is 10.5. The van der Waals surface area contributed by atoms with Crippen LogP contribution in [0.15, 0.2) is 42.7 Å². The quantitative estimate of drug-likeness (QED) is 0.908. The predicted molar refractivity (Wildman–Crippen MR) is 105 cm³/mol. The van der Waals surface area contributed by atoms with Crippen LogP contribution >= 0.6 is 0 Å². The van der Waals surface area contributed by atoms with Crippen LogP contribution in [0.2, 0.25) is 0 Å². The van der Waals surface area contributed by atoms with Crippen LogP contribution < -0.4 is 10.2 Å². The van der Waals surface area contributed by atoms with Crippen LogP contribution in [0, 0.1) is 5.92 Å². The van der Waals surface area contributed by atoms with Crippen molar-refractivity contribution in [3.8, 4) is 0 Å². The van der Waals surface area contributed by atoms with Crippen LogP contribution in [0.3, 0.4) is 0 Å². The normalized spacial score (nSPS) is 23.3. The number of hydrogen-bond acceptors (Lipinski definition) is 4. The fourth-order valence-electron chi connectivity index (χ4n) is 4.88. The summed E-state index contributed by atoms with van der Waals surface area (Å²) < 4.78 is 0. The highest BCUT2D eigenvalue weighted by molar-refractivity contribution is 5.85. The molecule has 1 aliphatic heterocycles. The first kappa shape index (κ1) is 16.7. The Morgan fingerprint density at radius 3 is 2.59 bits per heavy atom. The Morgan fingerprint density at radius 2 is 1.85 bits per heavy atom. The molecule has 3 aliphatic rings. The monoisotopic (exact) mass is 362 g/mol. The molecule has 140 valence electrons. The Balaban J connectivity index is 1.35. The van der Waals surface area contributed by atoms with Gasteiger partial charge in [0.15, 0.2) is 0 Å². The second kappa shape index (κ2) is 6.63. The van der Waals surface area contributed by atoms with Crippen LogP contribution in [-0.4, -0.2) is 35.5 Å². The summed E-state index contributed by atoms with van der Waals surface area (Å²) in [5.41, 5.74) is 2.75. The van der Waals surface area contributed by atoms with Crippen molar-refractivity contribution in [3.63, 3.8) is 0 Å². The zero-order chi connectivity index (χ0) is 18.3. The van der Waals surface area contributed by atoms with Gasteiger partial charge in [-0.2, -0.15) is 0 Å². The molecule has 1 amide bonds. The van der Waals surface area contributed by atoms with Gasteiger partial charge in [0.25, 0.3) is 0 Å². The SMILES string of the molecule is O=C(NCC1CC1)C1CC2(CCN(c3ncccn3)CC2)c2ccccc21. The van der Waals surface area contributed by atoms with Gasteiger partial charge in [0, 0.05) is 37.4 Å². The molecule has 1 N–H and O–H groups in total. The average Bonchev–Trinajstić information content (AvgIpc) is 3.51. The maximum absolute atomic E-state index is 12.9. The molecule has 2 fully saturated rings. The van der Waals surface area contributed by atoms with Crippen molar-refractivity contribution in [2.75, 3.05) is 24.5 Å². The summed E-state index contributed by atoms with van der Waals surface area (Å²) in [5.74, 6) is 1.76. The number of anilines is 1. The fraction of sp³-hybridized carbons (Fsp3) is 0.500. The number of nitrogens with zero attached hydrogens (tertiary/aromatic N) is 3.